The minimum Gasteiger partial charge on any atom is -0.480 e. The number of rotatable bonds is 12. The molecule has 6 rings (SSSR count). The first-order valence-corrected chi connectivity index (χ1v) is 20.2. The van der Waals surface area contributed by atoms with E-state index in [2.05, 4.69) is 69.4 Å². The van der Waals surface area contributed by atoms with E-state index in [9.17, 15) is 14.4 Å². The zero-order valence-electron chi connectivity index (χ0n) is 33.1. The van der Waals surface area contributed by atoms with Crippen molar-refractivity contribution in [3.05, 3.63) is 129 Å². The van der Waals surface area contributed by atoms with Crippen LogP contribution in [0.1, 0.15) is 95.3 Å². The summed E-state index contributed by atoms with van der Waals surface area (Å²) in [4.78, 5) is 41.8. The van der Waals surface area contributed by atoms with Gasteiger partial charge in [0.05, 0.1) is 10.0 Å². The molecule has 0 spiro atoms. The van der Waals surface area contributed by atoms with Crippen molar-refractivity contribution in [3.63, 3.8) is 0 Å². The second kappa shape index (κ2) is 16.9. The van der Waals surface area contributed by atoms with E-state index in [1.807, 2.05) is 49.5 Å². The Morgan fingerprint density at radius 2 is 1.53 bits per heavy atom. The first-order chi connectivity index (χ1) is 27.1. The van der Waals surface area contributed by atoms with Crippen LogP contribution in [0, 0.1) is 0 Å². The number of hydrogen-bond donors (Lipinski definition) is 2. The van der Waals surface area contributed by atoms with Crippen molar-refractivity contribution in [2.75, 3.05) is 10.3 Å². The molecule has 4 aromatic carbocycles. The minimum absolute atomic E-state index is 0.0104. The summed E-state index contributed by atoms with van der Waals surface area (Å²) in [5, 5.41) is 13.8. The highest BCUT2D eigenvalue weighted by atomic mass is 35.5. The number of pyridine rings is 1. The number of halogens is 3. The molecule has 2 unspecified atom stereocenters. The minimum atomic E-state index is -1.07. The third-order valence-electron chi connectivity index (χ3n) is 10.9. The van der Waals surface area contributed by atoms with Crippen LogP contribution >= 0.6 is 34.8 Å². The van der Waals surface area contributed by atoms with E-state index in [1.54, 1.807) is 35.0 Å². The molecule has 0 aliphatic carbocycles. The van der Waals surface area contributed by atoms with Gasteiger partial charge < -0.3 is 15.4 Å². The van der Waals surface area contributed by atoms with E-state index in [0.29, 0.717) is 17.9 Å². The molecule has 9 nitrogen and oxygen atoms in total. The zero-order chi connectivity index (χ0) is 41.2. The Labute approximate surface area is 349 Å². The Hall–Kier alpha value is -4.96. The Morgan fingerprint density at radius 3 is 2.19 bits per heavy atom. The van der Waals surface area contributed by atoms with Crippen LogP contribution in [0.15, 0.2) is 102 Å². The highest BCUT2D eigenvalue weighted by molar-refractivity contribution is 6.42. The van der Waals surface area contributed by atoms with Crippen molar-refractivity contribution in [2.24, 2.45) is 5.10 Å². The summed E-state index contributed by atoms with van der Waals surface area (Å²) in [7, 11) is 0. The summed E-state index contributed by atoms with van der Waals surface area (Å²) in [6.07, 6.45) is 5.05. The molecule has 3 amide bonds. The van der Waals surface area contributed by atoms with Crippen molar-refractivity contribution in [2.45, 2.75) is 90.7 Å². The molecular weight excluding hydrogens is 781 g/mol. The molecule has 2 atom stereocenters. The SMILES string of the molecule is CCC(Oc1ccc(C(C)(C)CC)cc1C(C)(C)CC)C(=O)Nc1cccc(C(=O)NC2=NN(c3c(Cl)cc(Cl)cc3Cl)C(=O)C2[n+]2ccc3ccccc3c2)c1. The maximum Gasteiger partial charge on any atom is 0.324 e. The Morgan fingerprint density at radius 1 is 0.842 bits per heavy atom. The fourth-order valence-corrected chi connectivity index (χ4v) is 7.59. The Kier molecular flexibility index (Phi) is 12.3. The van der Waals surface area contributed by atoms with Crippen LogP contribution < -0.4 is 24.9 Å². The second-order valence-corrected chi connectivity index (χ2v) is 16.8. The molecule has 57 heavy (non-hydrogen) atoms. The number of amidine groups is 1. The molecule has 0 bridgehead atoms. The fraction of sp³-hybridized carbons (Fsp3) is 0.311. The van der Waals surface area contributed by atoms with E-state index in [-0.39, 0.29) is 48.9 Å². The Bertz CT molecular complexity index is 2370. The number of aromatic nitrogens is 1. The lowest BCUT2D eigenvalue weighted by Gasteiger charge is -2.31. The summed E-state index contributed by atoms with van der Waals surface area (Å²) < 4.78 is 8.15. The number of hydrogen-bond acceptors (Lipinski definition) is 5. The largest absolute Gasteiger partial charge is 0.480 e. The first kappa shape index (κ1) is 41.7. The third kappa shape index (κ3) is 8.81. The number of nitrogens with zero attached hydrogens (tertiary/aromatic N) is 3. The van der Waals surface area contributed by atoms with Gasteiger partial charge in [0.1, 0.15) is 11.4 Å². The third-order valence-corrected chi connectivity index (χ3v) is 11.7. The number of carbonyl (C=O) groups excluding carboxylic acids is 3. The van der Waals surface area contributed by atoms with Gasteiger partial charge in [0.25, 0.3) is 17.9 Å². The van der Waals surface area contributed by atoms with Gasteiger partial charge in [0, 0.05) is 33.3 Å². The van der Waals surface area contributed by atoms with Crippen LogP contribution in [0.4, 0.5) is 11.4 Å². The fourth-order valence-electron chi connectivity index (χ4n) is 6.62. The van der Waals surface area contributed by atoms with Gasteiger partial charge in [-0.15, -0.1) is 5.10 Å². The van der Waals surface area contributed by atoms with Gasteiger partial charge >= 0.3 is 5.91 Å². The first-order valence-electron chi connectivity index (χ1n) is 19.1. The number of ether oxygens (including phenoxy) is 1. The standard InChI is InChI=1S/C45H46Cl3N5O4/c1-8-36(57-37-19-18-30(44(4,5)9-2)23-33(37)45(6,7)10-3)42(55)49-32-17-13-16-28(22-32)41(54)50-40-39(52-21-20-27-14-11-12-15-29(27)26-52)43(56)53(51-40)38-34(47)24-31(46)25-35(38)48/h11-26,36,39H,8-10H2,1-7H3,(H-,49,50,51,54,55)/p+1. The van der Waals surface area contributed by atoms with Crippen LogP contribution in [0.5, 0.6) is 5.75 Å². The van der Waals surface area contributed by atoms with E-state index >= 15 is 0 Å². The predicted octanol–water partition coefficient (Wildman–Crippen LogP) is 10.6. The Balaban J connectivity index is 1.26. The quantitative estimate of drug-likeness (QED) is 0.122. The predicted molar refractivity (Wildman–Crippen MR) is 230 cm³/mol. The van der Waals surface area contributed by atoms with Crippen molar-refractivity contribution in [1.82, 2.24) is 5.32 Å². The normalized spacial score (nSPS) is 15.1. The lowest BCUT2D eigenvalue weighted by atomic mass is 9.76. The maximum atomic E-state index is 14.2. The molecule has 0 saturated carbocycles. The highest BCUT2D eigenvalue weighted by Gasteiger charge is 2.46. The lowest BCUT2D eigenvalue weighted by Crippen LogP contribution is -2.52. The van der Waals surface area contributed by atoms with Gasteiger partial charge in [0.2, 0.25) is 5.84 Å². The molecule has 2 heterocycles. The zero-order valence-corrected chi connectivity index (χ0v) is 35.4. The van der Waals surface area contributed by atoms with Gasteiger partial charge in [-0.25, -0.2) is 0 Å². The molecule has 5 aromatic rings. The number of carbonyl (C=O) groups is 3. The molecule has 12 heteroatoms. The number of hydrazone groups is 1. The van der Waals surface area contributed by atoms with E-state index in [1.165, 1.54) is 17.7 Å². The van der Waals surface area contributed by atoms with Crippen LogP contribution in [-0.4, -0.2) is 29.7 Å². The number of anilines is 2. The van der Waals surface area contributed by atoms with Crippen LogP contribution in [0.3, 0.4) is 0 Å². The molecule has 1 aliphatic heterocycles. The lowest BCUT2D eigenvalue weighted by molar-refractivity contribution is -0.691. The summed E-state index contributed by atoms with van der Waals surface area (Å²) >= 11 is 19.2. The molecule has 2 N–H and O–H groups in total. The number of fused-ring (bicyclic) bond motifs is 1. The molecule has 0 radical (unpaired) electrons. The van der Waals surface area contributed by atoms with Gasteiger partial charge in [0.15, 0.2) is 18.5 Å². The van der Waals surface area contributed by atoms with Gasteiger partial charge in [-0.3, -0.25) is 14.4 Å². The maximum absolute atomic E-state index is 14.2. The van der Waals surface area contributed by atoms with Crippen molar-refractivity contribution >= 4 is 80.5 Å². The highest BCUT2D eigenvalue weighted by Crippen LogP contribution is 2.40. The molecule has 1 aliphatic rings. The van der Waals surface area contributed by atoms with Crippen LogP contribution in [0.25, 0.3) is 10.8 Å². The molecular formula is C45H47Cl3N5O4+. The average molecular weight is 828 g/mol. The van der Waals surface area contributed by atoms with Crippen molar-refractivity contribution in [3.8, 4) is 5.75 Å². The number of nitrogens with one attached hydrogen (secondary N) is 2. The number of amides is 3. The monoisotopic (exact) mass is 826 g/mol. The van der Waals surface area contributed by atoms with Gasteiger partial charge in [-0.2, -0.15) is 9.58 Å². The summed E-state index contributed by atoms with van der Waals surface area (Å²) in [5.74, 6) is -0.685. The van der Waals surface area contributed by atoms with E-state index < -0.39 is 24.0 Å². The van der Waals surface area contributed by atoms with E-state index in [0.717, 1.165) is 34.2 Å². The molecule has 1 aromatic heterocycles. The van der Waals surface area contributed by atoms with Crippen molar-refractivity contribution < 1.29 is 23.7 Å². The van der Waals surface area contributed by atoms with Crippen LogP contribution in [0.2, 0.25) is 15.1 Å². The molecule has 296 valence electrons. The summed E-state index contributed by atoms with van der Waals surface area (Å²) in [6.45, 7) is 15.1. The summed E-state index contributed by atoms with van der Waals surface area (Å²) in [5.41, 5.74) is 2.84. The van der Waals surface area contributed by atoms with Crippen molar-refractivity contribution in [1.29, 1.82) is 0 Å². The average Bonchev–Trinajstić information content (AvgIpc) is 3.50. The smallest absolute Gasteiger partial charge is 0.324 e. The number of benzene rings is 4. The molecule has 0 saturated heterocycles. The summed E-state index contributed by atoms with van der Waals surface area (Å²) in [6, 6.07) is 24.3. The topological polar surface area (TPSA) is 104 Å². The van der Waals surface area contributed by atoms with Gasteiger partial charge in [-0.1, -0.05) is 120 Å². The molecule has 0 fully saturated rings. The van der Waals surface area contributed by atoms with E-state index in [4.69, 9.17) is 39.5 Å². The van der Waals surface area contributed by atoms with Crippen LogP contribution in [-0.2, 0) is 20.4 Å². The second-order valence-electron chi connectivity index (χ2n) is 15.5. The van der Waals surface area contributed by atoms with Gasteiger partial charge in [-0.05, 0) is 83.5 Å².